The number of ether oxygens (including phenoxy) is 1. The van der Waals surface area contributed by atoms with Crippen LogP contribution in [0.1, 0.15) is 42.1 Å². The van der Waals surface area contributed by atoms with Crippen molar-refractivity contribution in [2.75, 3.05) is 20.2 Å². The Morgan fingerprint density at radius 3 is 2.59 bits per heavy atom. The maximum atomic E-state index is 10.9. The number of piperidine rings is 1. The van der Waals surface area contributed by atoms with Gasteiger partial charge in [-0.2, -0.15) is 4.52 Å². The number of fused-ring (bicyclic) bond motifs is 1. The number of nitrogens with zero attached hydrogens (tertiary/aromatic N) is 3. The first-order valence-electron chi connectivity index (χ1n) is 9.34. The molecular formula is C19H25N4O3S+. The fourth-order valence-corrected chi connectivity index (χ4v) is 4.92. The zero-order chi connectivity index (χ0) is 19.0. The molecule has 2 aromatic heterocycles. The van der Waals surface area contributed by atoms with Crippen LogP contribution in [0.2, 0.25) is 0 Å². The third-order valence-corrected chi connectivity index (χ3v) is 6.36. The van der Waals surface area contributed by atoms with Gasteiger partial charge in [0.1, 0.15) is 10.6 Å². The average molecular weight is 390 g/mol. The molecule has 8 heteroatoms. The Morgan fingerprint density at radius 1 is 1.30 bits per heavy atom. The van der Waals surface area contributed by atoms with Crippen molar-refractivity contribution >= 4 is 16.3 Å². The van der Waals surface area contributed by atoms with Crippen molar-refractivity contribution in [3.63, 3.8) is 0 Å². The van der Waals surface area contributed by atoms with Crippen LogP contribution in [0.4, 0.5) is 0 Å². The molecule has 3 N–H and O–H groups in total. The van der Waals surface area contributed by atoms with Gasteiger partial charge in [-0.3, -0.25) is 0 Å². The van der Waals surface area contributed by atoms with E-state index >= 15 is 0 Å². The lowest BCUT2D eigenvalue weighted by Crippen LogP contribution is -3.13. The van der Waals surface area contributed by atoms with E-state index in [4.69, 9.17) is 4.74 Å². The molecule has 0 amide bonds. The highest BCUT2D eigenvalue weighted by Crippen LogP contribution is 2.35. The molecule has 0 unspecified atom stereocenters. The predicted octanol–water partition coefficient (Wildman–Crippen LogP) is 1.20. The minimum atomic E-state index is -0.228. The van der Waals surface area contributed by atoms with Crippen LogP contribution in [-0.2, 0) is 6.42 Å². The van der Waals surface area contributed by atoms with Crippen molar-refractivity contribution in [3.05, 3.63) is 40.5 Å². The van der Waals surface area contributed by atoms with Crippen LogP contribution in [-0.4, -0.2) is 51.1 Å². The number of benzene rings is 1. The van der Waals surface area contributed by atoms with Crippen LogP contribution in [0.5, 0.6) is 11.6 Å². The van der Waals surface area contributed by atoms with Crippen LogP contribution in [0.15, 0.2) is 24.3 Å². The number of hydrogen-bond acceptors (Lipinski definition) is 6. The van der Waals surface area contributed by atoms with Gasteiger partial charge in [0.15, 0.2) is 11.9 Å². The van der Waals surface area contributed by atoms with Gasteiger partial charge in [0.05, 0.1) is 26.3 Å². The van der Waals surface area contributed by atoms with Crippen LogP contribution < -0.4 is 9.64 Å². The van der Waals surface area contributed by atoms with E-state index < -0.39 is 0 Å². The summed E-state index contributed by atoms with van der Waals surface area (Å²) in [7, 11) is 1.65. The molecule has 7 nitrogen and oxygen atoms in total. The van der Waals surface area contributed by atoms with E-state index in [1.165, 1.54) is 16.2 Å². The molecule has 0 bridgehead atoms. The van der Waals surface area contributed by atoms with Gasteiger partial charge in [0.25, 0.3) is 0 Å². The van der Waals surface area contributed by atoms with Crippen LogP contribution >= 0.6 is 11.3 Å². The van der Waals surface area contributed by atoms with Crippen LogP contribution in [0.25, 0.3) is 4.96 Å². The molecule has 0 saturated carbocycles. The number of aromatic nitrogens is 3. The van der Waals surface area contributed by atoms with Gasteiger partial charge in [-0.05, 0) is 24.3 Å². The number of thiazole rings is 1. The lowest BCUT2D eigenvalue weighted by atomic mass is 9.99. The number of aryl methyl sites for hydroxylation is 1. The highest BCUT2D eigenvalue weighted by Gasteiger charge is 2.35. The van der Waals surface area contributed by atoms with Crippen molar-refractivity contribution in [3.8, 4) is 11.6 Å². The Hall–Kier alpha value is -2.16. The Morgan fingerprint density at radius 2 is 2.00 bits per heavy atom. The Balaban J connectivity index is 1.77. The van der Waals surface area contributed by atoms with Gasteiger partial charge in [0, 0.05) is 24.8 Å². The molecule has 0 aliphatic carbocycles. The summed E-state index contributed by atoms with van der Waals surface area (Å²) >= 11 is 1.49. The molecule has 0 radical (unpaired) electrons. The molecule has 0 spiro atoms. The largest absolute Gasteiger partial charge is 0.497 e. The highest BCUT2D eigenvalue weighted by atomic mass is 32.1. The summed E-state index contributed by atoms with van der Waals surface area (Å²) in [5.74, 6) is 1.71. The van der Waals surface area contributed by atoms with Crippen LogP contribution in [0, 0.1) is 0 Å². The van der Waals surface area contributed by atoms with E-state index in [0.717, 1.165) is 54.4 Å². The maximum Gasteiger partial charge on any atom is 0.235 e. The van der Waals surface area contributed by atoms with Crippen molar-refractivity contribution in [1.29, 1.82) is 0 Å². The summed E-state index contributed by atoms with van der Waals surface area (Å²) in [5, 5.41) is 25.2. The third kappa shape index (κ3) is 3.40. The van der Waals surface area contributed by atoms with Gasteiger partial charge in [0.2, 0.25) is 10.8 Å². The smallest absolute Gasteiger partial charge is 0.235 e. The first kappa shape index (κ1) is 18.2. The second kappa shape index (κ2) is 7.46. The van der Waals surface area contributed by atoms with Crippen LogP contribution in [0.3, 0.4) is 0 Å². The number of methoxy groups -OCH3 is 1. The van der Waals surface area contributed by atoms with E-state index in [2.05, 4.69) is 10.1 Å². The van der Waals surface area contributed by atoms with E-state index in [-0.39, 0.29) is 18.0 Å². The number of quaternary nitrogens is 1. The summed E-state index contributed by atoms with van der Waals surface area (Å²) in [5.41, 5.74) is 1.11. The standard InChI is InChI=1S/C19H24N4O3S/c1-3-15-20-19-23(21-15)18(25)17(27-19)16(22-10-8-13(24)9-11-22)12-4-6-14(26-2)7-5-12/h4-7,13,16,24-25H,3,8-11H2,1-2H3/p+1/t16-/m1/s1. The molecule has 1 saturated heterocycles. The predicted molar refractivity (Wildman–Crippen MR) is 103 cm³/mol. The zero-order valence-corrected chi connectivity index (χ0v) is 16.4. The molecule has 1 atom stereocenters. The summed E-state index contributed by atoms with van der Waals surface area (Å²) in [4.78, 5) is 7.43. The molecule has 3 aromatic rings. The molecule has 1 aromatic carbocycles. The first-order valence-corrected chi connectivity index (χ1v) is 10.2. The van der Waals surface area contributed by atoms with Crippen molar-refractivity contribution in [1.82, 2.24) is 14.6 Å². The lowest BCUT2D eigenvalue weighted by Gasteiger charge is -2.33. The Bertz CT molecular complexity index is 913. The zero-order valence-electron chi connectivity index (χ0n) is 15.6. The number of aliphatic hydroxyl groups is 1. The molecule has 27 heavy (non-hydrogen) atoms. The molecule has 144 valence electrons. The fourth-order valence-electron chi connectivity index (χ4n) is 3.76. The molecular weight excluding hydrogens is 364 g/mol. The van der Waals surface area contributed by atoms with Gasteiger partial charge < -0.3 is 19.8 Å². The number of aliphatic hydroxyl groups excluding tert-OH is 1. The second-order valence-corrected chi connectivity index (χ2v) is 7.97. The second-order valence-electron chi connectivity index (χ2n) is 6.96. The Kier molecular flexibility index (Phi) is 5.03. The van der Waals surface area contributed by atoms with E-state index in [9.17, 15) is 10.2 Å². The summed E-state index contributed by atoms with van der Waals surface area (Å²) in [6.07, 6.45) is 2.04. The SMILES string of the molecule is CCc1nc2sc([C@@H](c3ccc(OC)cc3)[NH+]3CCC(O)CC3)c(O)n2n1. The minimum Gasteiger partial charge on any atom is -0.497 e. The van der Waals surface area contributed by atoms with Gasteiger partial charge >= 0.3 is 0 Å². The maximum absolute atomic E-state index is 10.9. The highest BCUT2D eigenvalue weighted by molar-refractivity contribution is 7.17. The van der Waals surface area contributed by atoms with Gasteiger partial charge in [-0.25, -0.2) is 4.98 Å². The first-order chi connectivity index (χ1) is 13.1. The third-order valence-electron chi connectivity index (χ3n) is 5.28. The van der Waals surface area contributed by atoms with E-state index in [1.54, 1.807) is 11.6 Å². The van der Waals surface area contributed by atoms with E-state index in [0.29, 0.717) is 4.96 Å². The summed E-state index contributed by atoms with van der Waals surface area (Å²) in [6.45, 7) is 3.71. The quantitative estimate of drug-likeness (QED) is 0.611. The fraction of sp³-hybridized carbons (Fsp3) is 0.474. The molecule has 1 aliphatic rings. The molecule has 3 heterocycles. The topological polar surface area (TPSA) is 84.3 Å². The number of nitrogens with one attached hydrogen (secondary N) is 1. The average Bonchev–Trinajstić information content (AvgIpc) is 3.23. The molecule has 1 aliphatic heterocycles. The minimum absolute atomic E-state index is 0.0259. The van der Waals surface area contributed by atoms with Gasteiger partial charge in [-0.15, -0.1) is 5.10 Å². The molecule has 1 fully saturated rings. The molecule has 4 rings (SSSR count). The number of likely N-dealkylation sites (tertiary alicyclic amines) is 1. The van der Waals surface area contributed by atoms with Crippen molar-refractivity contribution in [2.45, 2.75) is 38.3 Å². The number of rotatable bonds is 5. The summed E-state index contributed by atoms with van der Waals surface area (Å²) < 4.78 is 6.84. The lowest BCUT2D eigenvalue weighted by molar-refractivity contribution is -0.931. The van der Waals surface area contributed by atoms with Gasteiger partial charge in [-0.1, -0.05) is 18.3 Å². The van der Waals surface area contributed by atoms with E-state index in [1.807, 2.05) is 31.2 Å². The normalized spacial score (nSPS) is 21.4. The monoisotopic (exact) mass is 389 g/mol. The van der Waals surface area contributed by atoms with Crippen molar-refractivity contribution < 1.29 is 19.8 Å². The van der Waals surface area contributed by atoms with Crippen molar-refractivity contribution in [2.24, 2.45) is 0 Å². The Labute approximate surface area is 161 Å². The summed E-state index contributed by atoms with van der Waals surface area (Å²) in [6, 6.07) is 7.97. The number of hydrogen-bond donors (Lipinski definition) is 3. The number of aromatic hydroxyl groups is 1.